The van der Waals surface area contributed by atoms with E-state index in [9.17, 15) is 43.5 Å². The maximum atomic E-state index is 12.8. The average molecular weight is 1000 g/mol. The molecule has 0 radical (unpaired) electrons. The molecule has 1 fully saturated rings. The van der Waals surface area contributed by atoms with Gasteiger partial charge in [0.25, 0.3) is 15.6 Å². The van der Waals surface area contributed by atoms with Crippen molar-refractivity contribution in [3.63, 3.8) is 0 Å². The molecule has 68 heavy (non-hydrogen) atoms. The number of nitrogens with zero attached hydrogens (tertiary/aromatic N) is 2. The van der Waals surface area contributed by atoms with Crippen LogP contribution in [0.25, 0.3) is 0 Å². The van der Waals surface area contributed by atoms with Gasteiger partial charge in [0, 0.05) is 19.0 Å². The molecule has 2 rings (SSSR count). The Labute approximate surface area is 405 Å². The lowest BCUT2D eigenvalue weighted by atomic mass is 10.1. The first kappa shape index (κ1) is 61.4. The summed E-state index contributed by atoms with van der Waals surface area (Å²) in [5.74, 6) is -1.38. The van der Waals surface area contributed by atoms with Crippen LogP contribution in [0.3, 0.4) is 0 Å². The number of aromatic nitrogens is 2. The van der Waals surface area contributed by atoms with Crippen molar-refractivity contribution in [2.24, 2.45) is 0 Å². The summed E-state index contributed by atoms with van der Waals surface area (Å²) in [6.07, 6.45) is 30.6. The molecule has 2 unspecified atom stereocenters. The number of hydrogen-bond donors (Lipinski definition) is 3. The molecule has 1 aliphatic rings. The quantitative estimate of drug-likeness (QED) is 0.0238. The second kappa shape index (κ2) is 37.1. The Kier molecular flexibility index (Phi) is 33.5. The van der Waals surface area contributed by atoms with Crippen molar-refractivity contribution in [1.29, 1.82) is 0 Å². The number of aliphatic hydroxyl groups is 2. The number of hydrogen-bond acceptors (Lipinski definition) is 17. The van der Waals surface area contributed by atoms with Gasteiger partial charge in [-0.2, -0.15) is 4.98 Å². The number of phosphoric ester groups is 2. The predicted octanol–water partition coefficient (Wildman–Crippen LogP) is 8.96. The van der Waals surface area contributed by atoms with Gasteiger partial charge in [0.05, 0.1) is 13.2 Å². The van der Waals surface area contributed by atoms with Crippen LogP contribution in [0.2, 0.25) is 0 Å². The molecule has 0 bridgehead atoms. The van der Waals surface area contributed by atoms with E-state index in [4.69, 9.17) is 24.5 Å². The number of esters is 2. The summed E-state index contributed by atoms with van der Waals surface area (Å²) in [6.45, 7) is 1.91. The Morgan fingerprint density at radius 1 is 0.706 bits per heavy atom. The van der Waals surface area contributed by atoms with Gasteiger partial charge in [-0.3, -0.25) is 23.3 Å². The van der Waals surface area contributed by atoms with Crippen LogP contribution in [0.4, 0.5) is 5.82 Å². The van der Waals surface area contributed by atoms with E-state index in [1.165, 1.54) is 83.1 Å². The molecular weight excluding hydrogens is 920 g/mol. The first-order chi connectivity index (χ1) is 32.7. The predicted molar refractivity (Wildman–Crippen MR) is 257 cm³/mol. The van der Waals surface area contributed by atoms with Crippen LogP contribution in [0.1, 0.15) is 200 Å². The van der Waals surface area contributed by atoms with E-state index in [0.717, 1.165) is 87.8 Å². The zero-order chi connectivity index (χ0) is 49.9. The molecule has 1 aromatic rings. The highest BCUT2D eigenvalue weighted by atomic mass is 31.3. The van der Waals surface area contributed by atoms with Crippen LogP contribution >= 0.6 is 15.6 Å². The minimum absolute atomic E-state index is 0.0147. The normalized spacial score (nSPS) is 19.6. The standard InChI is InChI=1S/C48H85N3O15P2/c1-3-5-7-9-11-13-15-17-19-21-23-25-27-29-31-33-43(52)61-37-40(64-44(53)34-32-30-28-26-24-22-20-18-16-14-12-10-8-6-4-2)38-62-67(57,58)66-68(59,60)63-39-41-45(54)46(55)47(65-41)51-36-35-42(49)50-48(51)56/h17-20,35-36,40-41,45-47,54-55H,3-16,21-34,37-39H2,1-2H3,(H,57,58)(H,59,60)(H2,49,50,56)/p-2/b19-17-,20-18-/t40-,41-,45-,46-,47-/m1/s1. The highest BCUT2D eigenvalue weighted by Crippen LogP contribution is 2.56. The second-order valence-electron chi connectivity index (χ2n) is 17.6. The van der Waals surface area contributed by atoms with Crippen molar-refractivity contribution in [1.82, 2.24) is 9.55 Å². The molecule has 2 heterocycles. The Bertz CT molecular complexity index is 1730. The van der Waals surface area contributed by atoms with Gasteiger partial charge in [0.1, 0.15) is 30.7 Å². The summed E-state index contributed by atoms with van der Waals surface area (Å²) in [5, 5.41) is 20.8. The highest BCUT2D eigenvalue weighted by molar-refractivity contribution is 7.59. The lowest BCUT2D eigenvalue weighted by Gasteiger charge is -2.32. The molecule has 1 saturated heterocycles. The Morgan fingerprint density at radius 2 is 1.16 bits per heavy atom. The maximum Gasteiger partial charge on any atom is 0.351 e. The summed E-state index contributed by atoms with van der Waals surface area (Å²) in [7, 11) is -11.5. The van der Waals surface area contributed by atoms with Crippen LogP contribution in [0.5, 0.6) is 0 Å². The van der Waals surface area contributed by atoms with Gasteiger partial charge in [-0.1, -0.05) is 141 Å². The number of phosphoric acid groups is 2. The lowest BCUT2D eigenvalue weighted by molar-refractivity contribution is -0.246. The van der Waals surface area contributed by atoms with Gasteiger partial charge in [-0.05, 0) is 70.3 Å². The molecule has 18 nitrogen and oxygen atoms in total. The Morgan fingerprint density at radius 3 is 1.66 bits per heavy atom. The van der Waals surface area contributed by atoms with Crippen LogP contribution in [0, 0.1) is 0 Å². The number of anilines is 1. The number of allylic oxidation sites excluding steroid dienone is 4. The van der Waals surface area contributed by atoms with E-state index < -0.39 is 83.7 Å². The second-order valence-corrected chi connectivity index (χ2v) is 20.6. The number of unbranched alkanes of at least 4 members (excludes halogenated alkanes) is 22. The minimum atomic E-state index is -5.74. The molecule has 0 amide bonds. The van der Waals surface area contributed by atoms with Gasteiger partial charge >= 0.3 is 17.6 Å². The molecule has 1 aliphatic heterocycles. The van der Waals surface area contributed by atoms with Crippen molar-refractivity contribution in [3.05, 3.63) is 47.1 Å². The molecule has 0 aromatic carbocycles. The zero-order valence-corrected chi connectivity index (χ0v) is 42.6. The molecule has 7 atom stereocenters. The maximum absolute atomic E-state index is 12.8. The van der Waals surface area contributed by atoms with Crippen molar-refractivity contribution in [3.8, 4) is 0 Å². The molecule has 4 N–H and O–H groups in total. The van der Waals surface area contributed by atoms with Crippen molar-refractivity contribution < 1.29 is 66.3 Å². The monoisotopic (exact) mass is 1000 g/mol. The third kappa shape index (κ3) is 29.4. The number of ether oxygens (including phenoxy) is 3. The number of nitrogen functional groups attached to an aromatic ring is 1. The number of carbonyl (C=O) groups is 2. The van der Waals surface area contributed by atoms with Crippen LogP contribution < -0.4 is 21.2 Å². The fourth-order valence-electron chi connectivity index (χ4n) is 7.52. The number of carbonyl (C=O) groups excluding carboxylic acids is 2. The third-order valence-corrected chi connectivity index (χ3v) is 14.0. The molecule has 1 aromatic heterocycles. The SMILES string of the molecule is CCCCCCCC/C=C\CCCCCCCC(=O)OC[C@H](COP(=O)([O-])OP(=O)([O-])OC[C@H]1O[C@@H](n2ccc(N)nc2=O)[C@H](O)[C@@H]1O)OC(=O)CCCCCCC/C=C\CCCCCCCC. The van der Waals surface area contributed by atoms with Crippen LogP contribution in [-0.4, -0.2) is 75.9 Å². The zero-order valence-electron chi connectivity index (χ0n) is 40.8. The minimum Gasteiger partial charge on any atom is -0.756 e. The summed E-state index contributed by atoms with van der Waals surface area (Å²) in [6, 6.07) is 1.23. The summed E-state index contributed by atoms with van der Waals surface area (Å²) < 4.78 is 55.8. The van der Waals surface area contributed by atoms with E-state index in [1.807, 2.05) is 0 Å². The van der Waals surface area contributed by atoms with Gasteiger partial charge in [-0.15, -0.1) is 0 Å². The third-order valence-electron chi connectivity index (χ3n) is 11.5. The van der Waals surface area contributed by atoms with Gasteiger partial charge in [-0.25, -0.2) is 9.11 Å². The summed E-state index contributed by atoms with van der Waals surface area (Å²) in [4.78, 5) is 66.4. The van der Waals surface area contributed by atoms with Crippen LogP contribution in [0.15, 0.2) is 41.4 Å². The molecule has 0 spiro atoms. The van der Waals surface area contributed by atoms with Gasteiger partial charge in [0.2, 0.25) is 0 Å². The van der Waals surface area contributed by atoms with E-state index in [-0.39, 0.29) is 18.7 Å². The average Bonchev–Trinajstić information content (AvgIpc) is 3.57. The molecule has 0 aliphatic carbocycles. The fourth-order valence-corrected chi connectivity index (χ4v) is 9.56. The Hall–Kier alpha value is -2.76. The molecule has 20 heteroatoms. The largest absolute Gasteiger partial charge is 0.756 e. The first-order valence-electron chi connectivity index (χ1n) is 25.3. The number of nitrogens with two attached hydrogens (primary N) is 1. The number of aliphatic hydroxyl groups excluding tert-OH is 2. The fraction of sp³-hybridized carbons (Fsp3) is 0.792. The van der Waals surface area contributed by atoms with Crippen LogP contribution in [-0.2, 0) is 46.3 Å². The lowest BCUT2D eigenvalue weighted by Crippen LogP contribution is -2.36. The van der Waals surface area contributed by atoms with Gasteiger partial charge < -0.3 is 49.0 Å². The molecular formula is C48H83N3O15P2-2. The van der Waals surface area contributed by atoms with Crippen molar-refractivity contribution in [2.75, 3.05) is 25.6 Å². The summed E-state index contributed by atoms with van der Waals surface area (Å²) in [5.41, 5.74) is 4.56. The topological polar surface area (TPSA) is 271 Å². The number of rotatable bonds is 42. The first-order valence-corrected chi connectivity index (χ1v) is 28.2. The smallest absolute Gasteiger partial charge is 0.351 e. The van der Waals surface area contributed by atoms with E-state index in [0.29, 0.717) is 12.8 Å². The van der Waals surface area contributed by atoms with E-state index in [2.05, 4.69) is 52.0 Å². The summed E-state index contributed by atoms with van der Waals surface area (Å²) >= 11 is 0. The van der Waals surface area contributed by atoms with Gasteiger partial charge in [0.15, 0.2) is 12.3 Å². The van der Waals surface area contributed by atoms with Crippen molar-refractivity contribution in [2.45, 2.75) is 224 Å². The molecule has 0 saturated carbocycles. The highest BCUT2D eigenvalue weighted by Gasteiger charge is 2.45. The van der Waals surface area contributed by atoms with Crippen molar-refractivity contribution >= 4 is 33.4 Å². The van der Waals surface area contributed by atoms with E-state index >= 15 is 0 Å². The van der Waals surface area contributed by atoms with E-state index in [1.54, 1.807) is 0 Å². The molecule has 392 valence electrons. The Balaban J connectivity index is 1.81.